The van der Waals surface area contributed by atoms with Crippen molar-refractivity contribution >= 4 is 87.7 Å². The van der Waals surface area contributed by atoms with Crippen LogP contribution in [0.2, 0.25) is 0 Å². The second-order valence-corrected chi connectivity index (χ2v) is 25.8. The van der Waals surface area contributed by atoms with Gasteiger partial charge in [-0.25, -0.2) is 0 Å². The minimum Gasteiger partial charge on any atom is -0.497 e. The number of aliphatic imine (C=N–C) groups is 2. The molecule has 0 saturated heterocycles. The summed E-state index contributed by atoms with van der Waals surface area (Å²) in [6, 6.07) is 34.9. The number of hydrogen-bond donors (Lipinski definition) is 4. The fraction of sp³-hybridized carbons (Fsp3) is 0.362. The molecular weight excluding hydrogens is 1330 g/mol. The Morgan fingerprint density at radius 3 is 1.77 bits per heavy atom. The van der Waals surface area contributed by atoms with Gasteiger partial charge in [-0.05, 0) is 108 Å². The van der Waals surface area contributed by atoms with Crippen molar-refractivity contribution in [3.8, 4) is 34.8 Å². The third kappa shape index (κ3) is 19.0. The van der Waals surface area contributed by atoms with Gasteiger partial charge < -0.3 is 73.9 Å². The van der Waals surface area contributed by atoms with Crippen LogP contribution in [0.3, 0.4) is 0 Å². The Labute approximate surface area is 605 Å². The third-order valence-corrected chi connectivity index (χ3v) is 18.1. The highest BCUT2D eigenvalue weighted by Gasteiger charge is 2.36. The minimum absolute atomic E-state index is 0.00480. The molecule has 104 heavy (non-hydrogen) atoms. The first-order valence-corrected chi connectivity index (χ1v) is 35.0. The maximum Gasteiger partial charge on any atom is 0.260 e. The van der Waals surface area contributed by atoms with Crippen LogP contribution in [-0.4, -0.2) is 175 Å². The van der Waals surface area contributed by atoms with Crippen LogP contribution in [0.5, 0.6) is 23.0 Å². The number of hydrogen-bond acceptors (Lipinski definition) is 17. The van der Waals surface area contributed by atoms with E-state index in [0.29, 0.717) is 111 Å². The highest BCUT2D eigenvalue weighted by molar-refractivity contribution is 6.07. The second-order valence-electron chi connectivity index (χ2n) is 25.8. The number of benzene rings is 6. The molecule has 5 aliphatic rings. The zero-order chi connectivity index (χ0) is 73.1. The van der Waals surface area contributed by atoms with E-state index < -0.39 is 23.9 Å². The van der Waals surface area contributed by atoms with Crippen molar-refractivity contribution in [2.45, 2.75) is 96.9 Å². The third-order valence-electron chi connectivity index (χ3n) is 18.1. The highest BCUT2D eigenvalue weighted by Crippen LogP contribution is 2.41. The minimum atomic E-state index is -0.944. The largest absolute Gasteiger partial charge is 0.497 e. The first-order chi connectivity index (χ1) is 50.5. The molecule has 4 atom stereocenters. The van der Waals surface area contributed by atoms with Crippen molar-refractivity contribution in [1.82, 2.24) is 25.8 Å². The molecule has 24 heteroatoms. The van der Waals surface area contributed by atoms with Gasteiger partial charge >= 0.3 is 0 Å². The number of nitrogens with one attached hydrogen (secondary N) is 4. The summed E-state index contributed by atoms with van der Waals surface area (Å²) in [5.41, 5.74) is 10.3. The Bertz CT molecular complexity index is 4330. The standard InChI is InChI=1S/C80H87N9O15/c1-51(2)76(86-74(91)28-32-99-34-36-101-38-39-102-37-35-100-33-29-81-73(90)26-27-75(92)89-48-58-14-8-7-12-54(58)16-17-57-13-9-10-15-69(57)89)78(94)84-53(4)77(93)85-61-22-18-55(19-23-61)59-41-63-47-83-68-45-72(71(98-6)43-66(68)80(96)88(63)49-59)104-31-11-30-103-70-44-67-65(40-52(70)3)79(95)87-50-60(42-62(87)46-82-67)56-20-24-64(97-5)25-21-56/h7-10,12-15,18-25,40,43-47,49-51,53,62-63,76H,11,26-39,41-42,48H2,1-6H3,(H,81,90)(H,84,94)(H,85,93)(H,86,91). The molecule has 0 aliphatic carbocycles. The van der Waals surface area contributed by atoms with E-state index in [2.05, 4.69) is 33.1 Å². The van der Waals surface area contributed by atoms with Crippen molar-refractivity contribution in [1.29, 1.82) is 0 Å². The molecule has 5 heterocycles. The summed E-state index contributed by atoms with van der Waals surface area (Å²) in [5.74, 6) is 6.18. The monoisotopic (exact) mass is 1410 g/mol. The number of carbonyl (C=O) groups is 7. The van der Waals surface area contributed by atoms with Gasteiger partial charge in [-0.3, -0.25) is 43.5 Å². The molecule has 0 spiro atoms. The Balaban J connectivity index is 0.532. The van der Waals surface area contributed by atoms with Crippen molar-refractivity contribution in [2.75, 3.05) is 97.0 Å². The Kier molecular flexibility index (Phi) is 25.5. The SMILES string of the molecule is COc1ccc(C2=CN3C(=O)c4cc(C)c(OCCCOc5cc6c(cc5OC)C(=O)N5C=C(c7ccc(NC(=O)C(C)NC(=O)C(NC(=O)CCOCCOCCOCCOCCNC(=O)CCC(=O)N8Cc9ccccc9C#Cc9ccccc98)C(C)C)cc7)CC5C=N6)cc4N=CC3C2)cc1. The van der Waals surface area contributed by atoms with Gasteiger partial charge in [-0.1, -0.05) is 80.3 Å². The lowest BCUT2D eigenvalue weighted by Gasteiger charge is -2.26. The molecule has 5 aliphatic heterocycles. The molecule has 0 bridgehead atoms. The number of aryl methyl sites for hydroxylation is 1. The summed E-state index contributed by atoms with van der Waals surface area (Å²) in [6.45, 7) is 10.5. The molecule has 11 rings (SSSR count). The number of anilines is 2. The second kappa shape index (κ2) is 35.8. The van der Waals surface area contributed by atoms with Crippen LogP contribution in [0.4, 0.5) is 22.7 Å². The van der Waals surface area contributed by atoms with Gasteiger partial charge in [0.1, 0.15) is 23.6 Å². The van der Waals surface area contributed by atoms with E-state index in [0.717, 1.165) is 56.0 Å². The number of amides is 7. The first-order valence-electron chi connectivity index (χ1n) is 35.0. The van der Waals surface area contributed by atoms with E-state index in [4.69, 9.17) is 47.9 Å². The molecular formula is C80H87N9O15. The fourth-order valence-electron chi connectivity index (χ4n) is 12.4. The molecule has 0 fully saturated rings. The van der Waals surface area contributed by atoms with Gasteiger partial charge in [-0.15, -0.1) is 0 Å². The average Bonchev–Trinajstić information content (AvgIpc) is 1.58. The average molecular weight is 1410 g/mol. The molecule has 7 amide bonds. The molecule has 542 valence electrons. The quantitative estimate of drug-likeness (QED) is 0.0216. The molecule has 4 unspecified atom stereocenters. The maximum absolute atomic E-state index is 14.2. The van der Waals surface area contributed by atoms with Crippen LogP contribution in [0.25, 0.3) is 11.1 Å². The zero-order valence-electron chi connectivity index (χ0n) is 59.3. The molecule has 0 aromatic heterocycles. The number of para-hydroxylation sites is 1. The van der Waals surface area contributed by atoms with Crippen LogP contribution in [0, 0.1) is 24.7 Å². The molecule has 6 aromatic carbocycles. The number of ether oxygens (including phenoxy) is 8. The molecule has 24 nitrogen and oxygen atoms in total. The first kappa shape index (κ1) is 74.2. The predicted octanol–water partition coefficient (Wildman–Crippen LogP) is 9.69. The zero-order valence-corrected chi connectivity index (χ0v) is 59.3. The number of methoxy groups -OCH3 is 2. The van der Waals surface area contributed by atoms with Gasteiger partial charge in [0.15, 0.2) is 11.5 Å². The van der Waals surface area contributed by atoms with E-state index in [-0.39, 0.29) is 99.8 Å². The van der Waals surface area contributed by atoms with Crippen molar-refractivity contribution < 1.29 is 71.5 Å². The fourth-order valence-corrected chi connectivity index (χ4v) is 12.4. The lowest BCUT2D eigenvalue weighted by molar-refractivity contribution is -0.132. The van der Waals surface area contributed by atoms with Crippen LogP contribution in [0.1, 0.15) is 113 Å². The molecule has 0 saturated carbocycles. The van der Waals surface area contributed by atoms with Crippen LogP contribution in [0.15, 0.2) is 144 Å². The van der Waals surface area contributed by atoms with E-state index >= 15 is 0 Å². The smallest absolute Gasteiger partial charge is 0.260 e. The highest BCUT2D eigenvalue weighted by atomic mass is 16.6. The summed E-state index contributed by atoms with van der Waals surface area (Å²) < 4.78 is 45.7. The normalized spacial score (nSPS) is 15.9. The van der Waals surface area contributed by atoms with Gasteiger partial charge in [0, 0.05) is 98.8 Å². The summed E-state index contributed by atoms with van der Waals surface area (Å²) in [7, 11) is 3.15. The summed E-state index contributed by atoms with van der Waals surface area (Å²) in [5, 5.41) is 11.2. The summed E-state index contributed by atoms with van der Waals surface area (Å²) in [6.07, 6.45) is 9.05. The van der Waals surface area contributed by atoms with Crippen LogP contribution in [-0.2, 0) is 49.5 Å². The molecule has 6 aromatic rings. The number of carbonyl (C=O) groups excluding carboxylic acids is 7. The molecule has 0 radical (unpaired) electrons. The van der Waals surface area contributed by atoms with Crippen molar-refractivity contribution in [2.24, 2.45) is 15.9 Å². The Hall–Kier alpha value is -11.0. The molecule has 4 N–H and O–H groups in total. The summed E-state index contributed by atoms with van der Waals surface area (Å²) in [4.78, 5) is 108. The maximum atomic E-state index is 14.2. The lowest BCUT2D eigenvalue weighted by Crippen LogP contribution is -2.53. The van der Waals surface area contributed by atoms with Crippen molar-refractivity contribution in [3.05, 3.63) is 178 Å². The Morgan fingerprint density at radius 2 is 1.13 bits per heavy atom. The topological polar surface area (TPSA) is 276 Å². The van der Waals surface area contributed by atoms with E-state index in [1.807, 2.05) is 123 Å². The van der Waals surface area contributed by atoms with E-state index in [1.54, 1.807) is 73.1 Å². The van der Waals surface area contributed by atoms with Gasteiger partial charge in [0.25, 0.3) is 11.8 Å². The predicted molar refractivity (Wildman–Crippen MR) is 394 cm³/mol. The Morgan fingerprint density at radius 1 is 0.567 bits per heavy atom. The number of rotatable bonds is 34. The van der Waals surface area contributed by atoms with Crippen LogP contribution >= 0.6 is 0 Å². The number of fused-ring (bicyclic) bond motifs is 6. The van der Waals surface area contributed by atoms with E-state index in [1.165, 1.54) is 7.11 Å². The van der Waals surface area contributed by atoms with Crippen LogP contribution < -0.4 is 45.1 Å². The van der Waals surface area contributed by atoms with Gasteiger partial charge in [-0.2, -0.15) is 0 Å². The summed E-state index contributed by atoms with van der Waals surface area (Å²) >= 11 is 0. The van der Waals surface area contributed by atoms with Crippen molar-refractivity contribution in [3.63, 3.8) is 0 Å². The van der Waals surface area contributed by atoms with Gasteiger partial charge in [0.05, 0.1) is 127 Å². The van der Waals surface area contributed by atoms with E-state index in [9.17, 15) is 33.6 Å². The lowest BCUT2D eigenvalue weighted by atomic mass is 10.0. The van der Waals surface area contributed by atoms with Gasteiger partial charge in [0.2, 0.25) is 29.5 Å². The number of nitrogens with zero attached hydrogens (tertiary/aromatic N) is 5.